The quantitative estimate of drug-likeness (QED) is 0.614. The van der Waals surface area contributed by atoms with E-state index in [1.165, 1.54) is 11.9 Å². The zero-order valence-corrected chi connectivity index (χ0v) is 13.0. The second-order valence-electron chi connectivity index (χ2n) is 5.45. The van der Waals surface area contributed by atoms with Crippen molar-refractivity contribution in [1.29, 1.82) is 0 Å². The highest BCUT2D eigenvalue weighted by atomic mass is 15.3. The molecule has 0 amide bonds. The summed E-state index contributed by atoms with van der Waals surface area (Å²) in [5.74, 6) is 1.55. The number of benzene rings is 2. The number of nitrogens with zero attached hydrogens (tertiary/aromatic N) is 5. The van der Waals surface area contributed by atoms with Gasteiger partial charge in [0.25, 0.3) is 0 Å². The second kappa shape index (κ2) is 6.45. The van der Waals surface area contributed by atoms with Crippen molar-refractivity contribution in [3.63, 3.8) is 0 Å². The average molecular weight is 316 g/mol. The molecule has 2 aromatic carbocycles. The number of aromatic nitrogens is 6. The predicted molar refractivity (Wildman–Crippen MR) is 90.6 cm³/mol. The van der Waals surface area contributed by atoms with Gasteiger partial charge in [-0.3, -0.25) is 5.10 Å². The molecule has 0 atom stereocenters. The van der Waals surface area contributed by atoms with E-state index in [0.29, 0.717) is 5.82 Å². The van der Waals surface area contributed by atoms with Crippen molar-refractivity contribution < 1.29 is 0 Å². The first kappa shape index (κ1) is 14.3. The third-order valence-corrected chi connectivity index (χ3v) is 3.84. The van der Waals surface area contributed by atoms with Crippen LogP contribution in [0.1, 0.15) is 11.4 Å². The van der Waals surface area contributed by atoms with E-state index in [1.807, 2.05) is 30.3 Å². The lowest BCUT2D eigenvalue weighted by molar-refractivity contribution is 0.865. The predicted octanol–water partition coefficient (Wildman–Crippen LogP) is 2.84. The number of hydrogen-bond acceptors (Lipinski definition) is 4. The molecule has 0 radical (unpaired) electrons. The van der Waals surface area contributed by atoms with Gasteiger partial charge in [-0.25, -0.2) is 14.6 Å². The Hall–Kier alpha value is -3.28. The first-order valence-electron chi connectivity index (χ1n) is 7.80. The molecule has 0 aliphatic heterocycles. The number of hydrogen-bond donors (Lipinski definition) is 1. The molecule has 2 heterocycles. The van der Waals surface area contributed by atoms with E-state index in [0.717, 1.165) is 29.9 Å². The molecule has 0 saturated heterocycles. The number of nitrogens with one attached hydrogen (secondary N) is 1. The van der Waals surface area contributed by atoms with Crippen LogP contribution in [0.4, 0.5) is 0 Å². The molecule has 0 saturated carbocycles. The molecule has 6 heteroatoms. The van der Waals surface area contributed by atoms with Crippen molar-refractivity contribution >= 4 is 0 Å². The molecule has 0 aliphatic rings. The van der Waals surface area contributed by atoms with Crippen molar-refractivity contribution in [3.8, 4) is 17.1 Å². The lowest BCUT2D eigenvalue weighted by Gasteiger charge is -2.05. The lowest BCUT2D eigenvalue weighted by Crippen LogP contribution is -1.98. The van der Waals surface area contributed by atoms with E-state index in [-0.39, 0.29) is 0 Å². The smallest absolute Gasteiger partial charge is 0.183 e. The van der Waals surface area contributed by atoms with Crippen LogP contribution in [0.3, 0.4) is 0 Å². The van der Waals surface area contributed by atoms with Gasteiger partial charge < -0.3 is 0 Å². The second-order valence-corrected chi connectivity index (χ2v) is 5.45. The summed E-state index contributed by atoms with van der Waals surface area (Å²) >= 11 is 0. The molecule has 0 aliphatic carbocycles. The Labute approximate surface area is 139 Å². The van der Waals surface area contributed by atoms with E-state index in [4.69, 9.17) is 0 Å². The summed E-state index contributed by atoms with van der Waals surface area (Å²) in [6.07, 6.45) is 4.94. The highest BCUT2D eigenvalue weighted by Crippen LogP contribution is 2.23. The van der Waals surface area contributed by atoms with E-state index in [9.17, 15) is 0 Å². The summed E-state index contributed by atoms with van der Waals surface area (Å²) in [5.41, 5.74) is 3.12. The summed E-state index contributed by atoms with van der Waals surface area (Å²) in [6.45, 7) is 0. The van der Waals surface area contributed by atoms with Crippen LogP contribution in [-0.2, 0) is 12.8 Å². The van der Waals surface area contributed by atoms with Gasteiger partial charge in [0.05, 0.1) is 5.69 Å². The Kier molecular flexibility index (Phi) is 3.85. The van der Waals surface area contributed by atoms with Gasteiger partial charge in [0.1, 0.15) is 18.5 Å². The van der Waals surface area contributed by atoms with Gasteiger partial charge in [0.2, 0.25) is 0 Å². The molecule has 1 N–H and O–H groups in total. The molecule has 0 bridgehead atoms. The minimum atomic E-state index is 0.671. The molecule has 0 fully saturated rings. The lowest BCUT2D eigenvalue weighted by atomic mass is 10.1. The van der Waals surface area contributed by atoms with Gasteiger partial charge in [-0.15, -0.1) is 0 Å². The highest BCUT2D eigenvalue weighted by molar-refractivity contribution is 5.66. The van der Waals surface area contributed by atoms with Crippen LogP contribution in [0, 0.1) is 0 Å². The minimum absolute atomic E-state index is 0.671. The van der Waals surface area contributed by atoms with Crippen molar-refractivity contribution in [2.45, 2.75) is 12.8 Å². The van der Waals surface area contributed by atoms with Crippen LogP contribution in [0.25, 0.3) is 17.1 Å². The molecule has 118 valence electrons. The first-order valence-corrected chi connectivity index (χ1v) is 7.80. The summed E-state index contributed by atoms with van der Waals surface area (Å²) in [4.78, 5) is 8.64. The number of aromatic amines is 1. The maximum Gasteiger partial charge on any atom is 0.183 e. The van der Waals surface area contributed by atoms with Crippen molar-refractivity contribution in [2.75, 3.05) is 0 Å². The summed E-state index contributed by atoms with van der Waals surface area (Å²) in [6, 6.07) is 18.3. The Bertz CT molecular complexity index is 912. The average Bonchev–Trinajstić information content (AvgIpc) is 3.33. The molecule has 4 aromatic rings. The number of para-hydroxylation sites is 1. The van der Waals surface area contributed by atoms with E-state index in [2.05, 4.69) is 49.5 Å². The maximum absolute atomic E-state index is 4.64. The van der Waals surface area contributed by atoms with Gasteiger partial charge in [0, 0.05) is 12.0 Å². The SMILES string of the molecule is c1ccc(CCc2nc(-c3ccccc3-n3cncn3)n[nH]2)cc1. The van der Waals surface area contributed by atoms with Gasteiger partial charge in [0.15, 0.2) is 5.82 Å². The fourth-order valence-corrected chi connectivity index (χ4v) is 2.63. The molecule has 6 nitrogen and oxygen atoms in total. The van der Waals surface area contributed by atoms with E-state index >= 15 is 0 Å². The fourth-order valence-electron chi connectivity index (χ4n) is 2.63. The Morgan fingerprint density at radius 2 is 1.75 bits per heavy atom. The van der Waals surface area contributed by atoms with Crippen LogP contribution >= 0.6 is 0 Å². The van der Waals surface area contributed by atoms with Crippen molar-refractivity contribution in [2.24, 2.45) is 0 Å². The summed E-state index contributed by atoms with van der Waals surface area (Å²) in [7, 11) is 0. The Balaban J connectivity index is 1.57. The topological polar surface area (TPSA) is 72.3 Å². The van der Waals surface area contributed by atoms with Crippen LogP contribution in [-0.4, -0.2) is 29.9 Å². The number of aryl methyl sites for hydroxylation is 2. The largest absolute Gasteiger partial charge is 0.263 e. The van der Waals surface area contributed by atoms with Gasteiger partial charge >= 0.3 is 0 Å². The normalized spacial score (nSPS) is 10.8. The van der Waals surface area contributed by atoms with Gasteiger partial charge in [-0.2, -0.15) is 10.2 Å². The zero-order valence-electron chi connectivity index (χ0n) is 13.0. The monoisotopic (exact) mass is 316 g/mol. The molecule has 2 aromatic heterocycles. The number of H-pyrrole nitrogens is 1. The van der Waals surface area contributed by atoms with Crippen LogP contribution < -0.4 is 0 Å². The van der Waals surface area contributed by atoms with E-state index in [1.54, 1.807) is 11.0 Å². The zero-order chi connectivity index (χ0) is 16.2. The van der Waals surface area contributed by atoms with E-state index < -0.39 is 0 Å². The molecule has 4 rings (SSSR count). The first-order chi connectivity index (χ1) is 11.9. The molecule has 0 spiro atoms. The highest BCUT2D eigenvalue weighted by Gasteiger charge is 2.12. The molecular formula is C18H16N6. The Morgan fingerprint density at radius 1 is 0.917 bits per heavy atom. The summed E-state index contributed by atoms with van der Waals surface area (Å²) < 4.78 is 1.72. The van der Waals surface area contributed by atoms with Gasteiger partial charge in [-0.05, 0) is 24.1 Å². The van der Waals surface area contributed by atoms with Crippen LogP contribution in [0.5, 0.6) is 0 Å². The standard InChI is InChI=1S/C18H16N6/c1-2-6-14(7-3-1)10-11-17-21-18(23-22-17)15-8-4-5-9-16(15)24-13-19-12-20-24/h1-9,12-13H,10-11H2,(H,21,22,23). The van der Waals surface area contributed by atoms with Crippen molar-refractivity contribution in [1.82, 2.24) is 29.9 Å². The van der Waals surface area contributed by atoms with Crippen molar-refractivity contribution in [3.05, 3.63) is 78.6 Å². The van der Waals surface area contributed by atoms with Crippen LogP contribution in [0.15, 0.2) is 67.3 Å². The third kappa shape index (κ3) is 2.94. The van der Waals surface area contributed by atoms with Gasteiger partial charge in [-0.1, -0.05) is 42.5 Å². The Morgan fingerprint density at radius 3 is 2.58 bits per heavy atom. The summed E-state index contributed by atoms with van der Waals surface area (Å²) in [5, 5.41) is 11.6. The fraction of sp³-hybridized carbons (Fsp3) is 0.111. The molecule has 0 unspecified atom stereocenters. The minimum Gasteiger partial charge on any atom is -0.263 e. The number of rotatable bonds is 5. The third-order valence-electron chi connectivity index (χ3n) is 3.84. The molecular weight excluding hydrogens is 300 g/mol. The maximum atomic E-state index is 4.64. The molecule has 24 heavy (non-hydrogen) atoms. The van der Waals surface area contributed by atoms with Crippen LogP contribution in [0.2, 0.25) is 0 Å².